The van der Waals surface area contributed by atoms with Gasteiger partial charge >= 0.3 is 6.55 Å². The summed E-state index contributed by atoms with van der Waals surface area (Å²) < 4.78 is 26.1. The molecule has 2 aromatic heterocycles. The second-order valence-corrected chi connectivity index (χ2v) is 7.13. The van der Waals surface area contributed by atoms with E-state index >= 15 is 0 Å². The number of nitrogens with zero attached hydrogens (tertiary/aromatic N) is 4. The number of nitrogen functional groups attached to an aromatic ring is 1. The van der Waals surface area contributed by atoms with Crippen LogP contribution in [0.3, 0.4) is 0 Å². The number of fused-ring (bicyclic) bond motifs is 1. The van der Waals surface area contributed by atoms with Gasteiger partial charge in [-0.25, -0.2) is 4.68 Å². The van der Waals surface area contributed by atoms with E-state index in [0.717, 1.165) is 42.4 Å². The third-order valence-electron chi connectivity index (χ3n) is 5.15. The van der Waals surface area contributed by atoms with Gasteiger partial charge in [-0.2, -0.15) is 19.1 Å². The highest BCUT2D eigenvalue weighted by molar-refractivity contribution is 6.14. The molecule has 1 unspecified atom stereocenters. The molecule has 0 bridgehead atoms. The Morgan fingerprint density at radius 1 is 1.33 bits per heavy atom. The lowest BCUT2D eigenvalue weighted by molar-refractivity contribution is 0.0566. The molecule has 0 saturated heterocycles. The summed E-state index contributed by atoms with van der Waals surface area (Å²) >= 11 is 0. The molecule has 0 saturated carbocycles. The van der Waals surface area contributed by atoms with E-state index in [1.807, 2.05) is 12.1 Å². The Morgan fingerprint density at radius 2 is 2.17 bits per heavy atom. The zero-order valence-corrected chi connectivity index (χ0v) is 15.9. The molecule has 1 atom stereocenters. The lowest BCUT2D eigenvalue weighted by Crippen LogP contribution is -2.19. The summed E-state index contributed by atoms with van der Waals surface area (Å²) in [4.78, 5) is 4.48. The van der Waals surface area contributed by atoms with Gasteiger partial charge in [0.1, 0.15) is 6.07 Å². The van der Waals surface area contributed by atoms with Crippen LogP contribution in [0, 0.1) is 16.7 Å². The number of aryl methyl sites for hydroxylation is 1. The summed E-state index contributed by atoms with van der Waals surface area (Å²) in [5.41, 5.74) is 10.4. The number of nitrogens with one attached hydrogen (secondary N) is 2. The van der Waals surface area contributed by atoms with Crippen molar-refractivity contribution in [3.63, 3.8) is 0 Å². The number of alkyl halides is 2. The third kappa shape index (κ3) is 3.72. The average Bonchev–Trinajstić information content (AvgIpc) is 3.25. The SMILES string of the molecule is N#Cc1cnc2c(c1)CCCC2Nc1ccc(N)c(C(=N)c2cnn(C(F)F)c2)c1. The summed E-state index contributed by atoms with van der Waals surface area (Å²) in [6, 6.07) is 9.18. The Hall–Kier alpha value is -3.80. The van der Waals surface area contributed by atoms with E-state index in [-0.39, 0.29) is 17.3 Å². The second-order valence-electron chi connectivity index (χ2n) is 7.13. The van der Waals surface area contributed by atoms with Crippen LogP contribution in [0.1, 0.15) is 53.4 Å². The number of pyridine rings is 1. The Bertz CT molecular complexity index is 1150. The molecule has 4 rings (SSSR count). The van der Waals surface area contributed by atoms with Gasteiger partial charge in [0.15, 0.2) is 0 Å². The average molecular weight is 407 g/mol. The molecular weight excluding hydrogens is 388 g/mol. The van der Waals surface area contributed by atoms with E-state index in [1.165, 1.54) is 6.20 Å². The monoisotopic (exact) mass is 407 g/mol. The standard InChI is InChI=1S/C21H19F2N7/c22-21(23)30-11-14(10-28-30)19(26)16-7-15(4-5-17(16)25)29-18-3-1-2-13-6-12(8-24)9-27-20(13)18/h4-7,9-11,18,21,26,29H,1-3,25H2. The van der Waals surface area contributed by atoms with Gasteiger partial charge in [0.25, 0.3) is 0 Å². The number of benzene rings is 1. The largest absolute Gasteiger partial charge is 0.398 e. The van der Waals surface area contributed by atoms with Crippen molar-refractivity contribution in [1.82, 2.24) is 14.8 Å². The number of halogens is 2. The van der Waals surface area contributed by atoms with E-state index in [2.05, 4.69) is 21.5 Å². The number of hydrogen-bond acceptors (Lipinski definition) is 6. The van der Waals surface area contributed by atoms with Gasteiger partial charge in [0, 0.05) is 34.9 Å². The van der Waals surface area contributed by atoms with Crippen molar-refractivity contribution in [1.29, 1.82) is 10.7 Å². The lowest BCUT2D eigenvalue weighted by atomic mass is 9.90. The molecule has 0 aliphatic heterocycles. The van der Waals surface area contributed by atoms with Gasteiger partial charge in [0.05, 0.1) is 29.2 Å². The van der Waals surface area contributed by atoms with Crippen molar-refractivity contribution in [2.75, 3.05) is 11.1 Å². The Labute approximate surface area is 171 Å². The highest BCUT2D eigenvalue weighted by atomic mass is 19.3. The van der Waals surface area contributed by atoms with Gasteiger partial charge in [-0.15, -0.1) is 0 Å². The van der Waals surface area contributed by atoms with Crippen molar-refractivity contribution in [3.05, 3.63) is 70.8 Å². The number of anilines is 2. The lowest BCUT2D eigenvalue weighted by Gasteiger charge is -2.26. The van der Waals surface area contributed by atoms with Crippen LogP contribution >= 0.6 is 0 Å². The van der Waals surface area contributed by atoms with Gasteiger partial charge in [0.2, 0.25) is 0 Å². The maximum absolute atomic E-state index is 12.8. The predicted molar refractivity (Wildman–Crippen MR) is 109 cm³/mol. The van der Waals surface area contributed by atoms with Crippen molar-refractivity contribution >= 4 is 17.1 Å². The molecule has 0 spiro atoms. The van der Waals surface area contributed by atoms with Crippen LogP contribution in [0.25, 0.3) is 0 Å². The van der Waals surface area contributed by atoms with Gasteiger partial charge < -0.3 is 11.1 Å². The van der Waals surface area contributed by atoms with Crippen LogP contribution in [-0.4, -0.2) is 20.5 Å². The smallest absolute Gasteiger partial charge is 0.333 e. The molecule has 1 aliphatic rings. The van der Waals surface area contributed by atoms with Crippen molar-refractivity contribution < 1.29 is 8.78 Å². The molecule has 9 heteroatoms. The molecular formula is C21H19F2N7. The first-order valence-corrected chi connectivity index (χ1v) is 9.43. The normalized spacial score (nSPS) is 15.5. The minimum Gasteiger partial charge on any atom is -0.398 e. The predicted octanol–water partition coefficient (Wildman–Crippen LogP) is 4.03. The Kier molecular flexibility index (Phi) is 5.14. The van der Waals surface area contributed by atoms with Crippen LogP contribution in [0.15, 0.2) is 42.9 Å². The molecule has 1 aromatic carbocycles. The zero-order chi connectivity index (χ0) is 21.3. The molecule has 0 radical (unpaired) electrons. The van der Waals surface area contributed by atoms with Crippen LogP contribution in [0.5, 0.6) is 0 Å². The van der Waals surface area contributed by atoms with Crippen LogP contribution in [0.4, 0.5) is 20.2 Å². The number of rotatable bonds is 5. The fourth-order valence-corrected chi connectivity index (χ4v) is 3.66. The molecule has 1 aliphatic carbocycles. The minimum absolute atomic E-state index is 0.0175. The van der Waals surface area contributed by atoms with Crippen LogP contribution in [-0.2, 0) is 6.42 Å². The maximum Gasteiger partial charge on any atom is 0.333 e. The van der Waals surface area contributed by atoms with Gasteiger partial charge in [-0.05, 0) is 49.1 Å². The second kappa shape index (κ2) is 7.91. The summed E-state index contributed by atoms with van der Waals surface area (Å²) in [5.74, 6) is 0. The number of nitriles is 1. The minimum atomic E-state index is -2.77. The first kappa shape index (κ1) is 19.5. The molecule has 4 N–H and O–H groups in total. The summed E-state index contributed by atoms with van der Waals surface area (Å²) in [6.07, 6.45) is 6.64. The molecule has 0 fully saturated rings. The number of nitrogens with two attached hydrogens (primary N) is 1. The maximum atomic E-state index is 12.8. The van der Waals surface area contributed by atoms with E-state index in [0.29, 0.717) is 21.5 Å². The van der Waals surface area contributed by atoms with Gasteiger partial charge in [-0.3, -0.25) is 10.4 Å². The highest BCUT2D eigenvalue weighted by Gasteiger charge is 2.22. The van der Waals surface area contributed by atoms with Crippen molar-refractivity contribution in [3.8, 4) is 6.07 Å². The Morgan fingerprint density at radius 3 is 2.90 bits per heavy atom. The molecule has 7 nitrogen and oxygen atoms in total. The van der Waals surface area contributed by atoms with E-state index in [9.17, 15) is 8.78 Å². The summed E-state index contributed by atoms with van der Waals surface area (Å²) in [6.45, 7) is -2.77. The molecule has 3 aromatic rings. The van der Waals surface area contributed by atoms with Crippen molar-refractivity contribution in [2.45, 2.75) is 31.9 Å². The summed E-state index contributed by atoms with van der Waals surface area (Å²) in [5, 5.41) is 24.5. The molecule has 0 amide bonds. The Balaban J connectivity index is 1.60. The van der Waals surface area contributed by atoms with Crippen LogP contribution < -0.4 is 11.1 Å². The third-order valence-corrected chi connectivity index (χ3v) is 5.15. The fourth-order valence-electron chi connectivity index (χ4n) is 3.66. The molecule has 30 heavy (non-hydrogen) atoms. The fraction of sp³-hybridized carbons (Fsp3) is 0.238. The van der Waals surface area contributed by atoms with Crippen molar-refractivity contribution in [2.24, 2.45) is 0 Å². The molecule has 2 heterocycles. The number of hydrogen-bond donors (Lipinski definition) is 3. The summed E-state index contributed by atoms with van der Waals surface area (Å²) in [7, 11) is 0. The first-order chi connectivity index (χ1) is 14.5. The quantitative estimate of drug-likeness (QED) is 0.436. The van der Waals surface area contributed by atoms with E-state index in [4.69, 9.17) is 16.4 Å². The topological polar surface area (TPSA) is 116 Å². The van der Waals surface area contributed by atoms with E-state index in [1.54, 1.807) is 18.3 Å². The van der Waals surface area contributed by atoms with Gasteiger partial charge in [-0.1, -0.05) is 0 Å². The first-order valence-electron chi connectivity index (χ1n) is 9.43. The molecule has 152 valence electrons. The number of aromatic nitrogens is 3. The highest BCUT2D eigenvalue weighted by Crippen LogP contribution is 2.32. The van der Waals surface area contributed by atoms with E-state index < -0.39 is 6.55 Å². The van der Waals surface area contributed by atoms with Crippen LogP contribution in [0.2, 0.25) is 0 Å². The zero-order valence-electron chi connectivity index (χ0n) is 15.9.